The molecule has 0 bridgehead atoms. The first kappa shape index (κ1) is 21.5. The Morgan fingerprint density at radius 2 is 1.52 bits per heavy atom. The van der Waals surface area contributed by atoms with Crippen molar-refractivity contribution < 1.29 is 9.53 Å². The third-order valence-electron chi connectivity index (χ3n) is 4.61. The fourth-order valence-corrected chi connectivity index (χ4v) is 2.94. The number of benzene rings is 1. The van der Waals surface area contributed by atoms with Gasteiger partial charge in [-0.1, -0.05) is 94.7 Å². The van der Waals surface area contributed by atoms with E-state index in [1.54, 1.807) is 0 Å². The number of unbranched alkanes of at least 4 members (excludes halogenated alkanes) is 9. The van der Waals surface area contributed by atoms with Crippen molar-refractivity contribution in [1.29, 1.82) is 0 Å². The molecule has 0 aliphatic carbocycles. The highest BCUT2D eigenvalue weighted by Gasteiger charge is 2.00. The molecular weight excluding hydrogens is 308 g/mol. The van der Waals surface area contributed by atoms with Crippen molar-refractivity contribution >= 4 is 12.0 Å². The molecule has 0 aromatic heterocycles. The summed E-state index contributed by atoms with van der Waals surface area (Å²) in [7, 11) is 1.43. The summed E-state index contributed by atoms with van der Waals surface area (Å²) in [5.74, 6) is -0.148. The van der Waals surface area contributed by atoms with Crippen LogP contribution in [0.15, 0.2) is 30.3 Å². The van der Waals surface area contributed by atoms with Crippen LogP contribution in [0.5, 0.6) is 0 Å². The van der Waals surface area contributed by atoms with Gasteiger partial charge in [-0.3, -0.25) is 4.79 Å². The van der Waals surface area contributed by atoms with Crippen molar-refractivity contribution in [1.82, 2.24) is 0 Å². The average molecular weight is 345 g/mol. The molecule has 2 nitrogen and oxygen atoms in total. The van der Waals surface area contributed by atoms with E-state index in [4.69, 9.17) is 0 Å². The summed E-state index contributed by atoms with van der Waals surface area (Å²) < 4.78 is 4.67. The van der Waals surface area contributed by atoms with E-state index >= 15 is 0 Å². The van der Waals surface area contributed by atoms with Crippen LogP contribution in [0.2, 0.25) is 0 Å². The number of ether oxygens (including phenoxy) is 1. The lowest BCUT2D eigenvalue weighted by Gasteiger charge is -2.02. The lowest BCUT2D eigenvalue weighted by Crippen LogP contribution is -2.01. The number of carbonyl (C=O) groups excluding carboxylic acids is 1. The molecule has 1 aromatic rings. The van der Waals surface area contributed by atoms with E-state index in [-0.39, 0.29) is 5.97 Å². The van der Waals surface area contributed by atoms with E-state index in [0.717, 1.165) is 6.42 Å². The standard InChI is InChI=1S/C23H36O2/c1-3-4-5-6-7-8-9-10-11-12-13-14-21-15-17-22(18-16-21)19-20-23(24)25-2/h13-18H,3-12,19-20H2,1-2H3/b14-13-. The van der Waals surface area contributed by atoms with Crippen LogP contribution >= 0.6 is 0 Å². The van der Waals surface area contributed by atoms with Crippen LogP contribution in [0.4, 0.5) is 0 Å². The third-order valence-corrected chi connectivity index (χ3v) is 4.61. The largest absolute Gasteiger partial charge is 0.469 e. The van der Waals surface area contributed by atoms with Crippen molar-refractivity contribution in [3.8, 4) is 0 Å². The van der Waals surface area contributed by atoms with Gasteiger partial charge < -0.3 is 4.74 Å². The third kappa shape index (κ3) is 11.6. The summed E-state index contributed by atoms with van der Waals surface area (Å²) in [6.07, 6.45) is 19.3. The van der Waals surface area contributed by atoms with Crippen molar-refractivity contribution in [2.24, 2.45) is 0 Å². The van der Waals surface area contributed by atoms with Crippen LogP contribution in [0.25, 0.3) is 6.08 Å². The van der Waals surface area contributed by atoms with Gasteiger partial charge in [-0.15, -0.1) is 0 Å². The van der Waals surface area contributed by atoms with E-state index in [9.17, 15) is 4.79 Å². The molecule has 0 aliphatic heterocycles. The van der Waals surface area contributed by atoms with Gasteiger partial charge in [0.1, 0.15) is 0 Å². The maximum atomic E-state index is 11.1. The first-order valence-corrected chi connectivity index (χ1v) is 10.1. The molecule has 0 spiro atoms. The Kier molecular flexibility index (Phi) is 12.7. The quantitative estimate of drug-likeness (QED) is 0.276. The van der Waals surface area contributed by atoms with Gasteiger partial charge in [-0.2, -0.15) is 0 Å². The second-order valence-corrected chi connectivity index (χ2v) is 6.84. The van der Waals surface area contributed by atoms with Crippen LogP contribution in [0.3, 0.4) is 0 Å². The molecule has 2 heteroatoms. The van der Waals surface area contributed by atoms with E-state index in [0.29, 0.717) is 6.42 Å². The zero-order valence-corrected chi connectivity index (χ0v) is 16.3. The molecular formula is C23H36O2. The molecule has 0 saturated carbocycles. The summed E-state index contributed by atoms with van der Waals surface area (Å²) in [4.78, 5) is 11.1. The van der Waals surface area contributed by atoms with Crippen LogP contribution in [0, 0.1) is 0 Å². The summed E-state index contributed by atoms with van der Waals surface area (Å²) in [5.41, 5.74) is 2.42. The summed E-state index contributed by atoms with van der Waals surface area (Å²) in [5, 5.41) is 0. The molecule has 1 aromatic carbocycles. The van der Waals surface area contributed by atoms with Gasteiger partial charge in [0.05, 0.1) is 7.11 Å². The SMILES string of the molecule is CCCCCCCCCCC/C=C\c1ccc(CCC(=O)OC)cc1. The number of carbonyl (C=O) groups is 1. The molecule has 0 heterocycles. The number of rotatable bonds is 14. The van der Waals surface area contributed by atoms with E-state index < -0.39 is 0 Å². The Labute approximate surface area is 154 Å². The lowest BCUT2D eigenvalue weighted by atomic mass is 10.1. The Balaban J connectivity index is 2.07. The van der Waals surface area contributed by atoms with E-state index in [2.05, 4.69) is 48.1 Å². The number of methoxy groups -OCH3 is 1. The molecule has 0 atom stereocenters. The number of allylic oxidation sites excluding steroid dienone is 1. The van der Waals surface area contributed by atoms with Gasteiger partial charge in [0.25, 0.3) is 0 Å². The molecule has 1 rings (SSSR count). The number of hydrogen-bond donors (Lipinski definition) is 0. The molecule has 0 unspecified atom stereocenters. The zero-order chi connectivity index (χ0) is 18.2. The Morgan fingerprint density at radius 1 is 0.920 bits per heavy atom. The number of aryl methyl sites for hydroxylation is 1. The maximum Gasteiger partial charge on any atom is 0.305 e. The molecule has 25 heavy (non-hydrogen) atoms. The fraction of sp³-hybridized carbons (Fsp3) is 0.609. The van der Waals surface area contributed by atoms with Crippen molar-refractivity contribution in [2.75, 3.05) is 7.11 Å². The second kappa shape index (κ2) is 14.7. The van der Waals surface area contributed by atoms with Gasteiger partial charge in [-0.05, 0) is 30.4 Å². The smallest absolute Gasteiger partial charge is 0.305 e. The topological polar surface area (TPSA) is 26.3 Å². The van der Waals surface area contributed by atoms with E-state index in [1.807, 2.05) is 0 Å². The van der Waals surface area contributed by atoms with Gasteiger partial charge in [0.15, 0.2) is 0 Å². The predicted octanol–water partition coefficient (Wildman–Crippen LogP) is 6.73. The van der Waals surface area contributed by atoms with Crippen molar-refractivity contribution in [2.45, 2.75) is 84.0 Å². The summed E-state index contributed by atoms with van der Waals surface area (Å²) in [6, 6.07) is 8.45. The molecule has 0 amide bonds. The Morgan fingerprint density at radius 3 is 2.12 bits per heavy atom. The summed E-state index contributed by atoms with van der Waals surface area (Å²) >= 11 is 0. The highest BCUT2D eigenvalue weighted by Crippen LogP contribution is 2.12. The predicted molar refractivity (Wildman–Crippen MR) is 108 cm³/mol. The fourth-order valence-electron chi connectivity index (χ4n) is 2.94. The van der Waals surface area contributed by atoms with Crippen molar-refractivity contribution in [3.63, 3.8) is 0 Å². The maximum absolute atomic E-state index is 11.1. The average Bonchev–Trinajstić information content (AvgIpc) is 2.65. The molecule has 0 aliphatic rings. The highest BCUT2D eigenvalue weighted by atomic mass is 16.5. The van der Waals surface area contributed by atoms with Gasteiger partial charge in [-0.25, -0.2) is 0 Å². The Hall–Kier alpha value is -1.57. The second-order valence-electron chi connectivity index (χ2n) is 6.84. The highest BCUT2D eigenvalue weighted by molar-refractivity contribution is 5.69. The van der Waals surface area contributed by atoms with E-state index in [1.165, 1.54) is 82.4 Å². The first-order valence-electron chi connectivity index (χ1n) is 10.1. The monoisotopic (exact) mass is 344 g/mol. The van der Waals surface area contributed by atoms with Gasteiger partial charge in [0, 0.05) is 6.42 Å². The number of esters is 1. The Bertz CT molecular complexity index is 473. The van der Waals surface area contributed by atoms with Crippen LogP contribution in [0.1, 0.15) is 88.7 Å². The van der Waals surface area contributed by atoms with Crippen molar-refractivity contribution in [3.05, 3.63) is 41.5 Å². The number of hydrogen-bond acceptors (Lipinski definition) is 2. The van der Waals surface area contributed by atoms with Crippen LogP contribution in [-0.2, 0) is 16.0 Å². The van der Waals surface area contributed by atoms with Gasteiger partial charge in [0.2, 0.25) is 0 Å². The van der Waals surface area contributed by atoms with Crippen LogP contribution in [-0.4, -0.2) is 13.1 Å². The van der Waals surface area contributed by atoms with Crippen LogP contribution < -0.4 is 0 Å². The minimum Gasteiger partial charge on any atom is -0.469 e. The zero-order valence-electron chi connectivity index (χ0n) is 16.3. The normalized spacial score (nSPS) is 11.1. The van der Waals surface area contributed by atoms with Gasteiger partial charge >= 0.3 is 5.97 Å². The minimum absolute atomic E-state index is 0.148. The first-order chi connectivity index (χ1) is 12.3. The molecule has 0 N–H and O–H groups in total. The molecule has 0 fully saturated rings. The molecule has 0 radical (unpaired) electrons. The summed E-state index contributed by atoms with van der Waals surface area (Å²) in [6.45, 7) is 2.27. The lowest BCUT2D eigenvalue weighted by molar-refractivity contribution is -0.140. The molecule has 140 valence electrons. The minimum atomic E-state index is -0.148. The molecule has 0 saturated heterocycles.